The number of alkyl halides is 1. The van der Waals surface area contributed by atoms with E-state index in [2.05, 4.69) is 22.9 Å². The van der Waals surface area contributed by atoms with Crippen molar-refractivity contribution in [3.05, 3.63) is 0 Å². The third kappa shape index (κ3) is 4.26. The van der Waals surface area contributed by atoms with Gasteiger partial charge in [0.1, 0.15) is 6.29 Å². The van der Waals surface area contributed by atoms with Gasteiger partial charge < -0.3 is 4.79 Å². The van der Waals surface area contributed by atoms with Crippen LogP contribution in [0.1, 0.15) is 51.9 Å². The van der Waals surface area contributed by atoms with Crippen molar-refractivity contribution < 1.29 is 4.79 Å². The van der Waals surface area contributed by atoms with Crippen LogP contribution in [0.2, 0.25) is 0 Å². The highest BCUT2D eigenvalue weighted by atomic mass is 79.9. The largest absolute Gasteiger partial charge is 0.303 e. The number of rotatable bonds is 1. The number of carbonyl (C=O) groups is 1. The highest BCUT2D eigenvalue weighted by Crippen LogP contribution is 2.33. The van der Waals surface area contributed by atoms with Crippen LogP contribution in [-0.4, -0.2) is 10.6 Å². The molecule has 0 aromatic heterocycles. The van der Waals surface area contributed by atoms with E-state index >= 15 is 0 Å². The van der Waals surface area contributed by atoms with E-state index < -0.39 is 0 Å². The van der Waals surface area contributed by atoms with Gasteiger partial charge in [0.05, 0.1) is 0 Å². The van der Waals surface area contributed by atoms with E-state index in [0.29, 0.717) is 10.2 Å². The van der Waals surface area contributed by atoms with E-state index in [0.717, 1.165) is 19.1 Å². The van der Waals surface area contributed by atoms with Gasteiger partial charge in [-0.15, -0.1) is 0 Å². The molecule has 0 aromatic carbocycles. The summed E-state index contributed by atoms with van der Waals surface area (Å²) in [4.78, 5) is 10.7. The Bertz CT molecular complexity index is 165. The summed E-state index contributed by atoms with van der Waals surface area (Å²) in [7, 11) is 0. The van der Waals surface area contributed by atoms with E-state index in [1.807, 2.05) is 0 Å². The Hall–Kier alpha value is 0.150. The highest BCUT2D eigenvalue weighted by Gasteiger charge is 2.21. The summed E-state index contributed by atoms with van der Waals surface area (Å²) < 4.78 is 0.324. The van der Waals surface area contributed by atoms with Gasteiger partial charge in [-0.05, 0) is 32.6 Å². The van der Waals surface area contributed by atoms with Crippen LogP contribution in [0.5, 0.6) is 0 Å². The molecule has 0 aromatic rings. The molecule has 1 fully saturated rings. The molecule has 1 saturated carbocycles. The fraction of sp³-hybridized carbons (Fsp3) is 0.909. The zero-order valence-corrected chi connectivity index (χ0v) is 9.98. The van der Waals surface area contributed by atoms with E-state index in [4.69, 9.17) is 0 Å². The normalized spacial score (nSPS) is 37.2. The quantitative estimate of drug-likeness (QED) is 0.510. The summed E-state index contributed by atoms with van der Waals surface area (Å²) >= 11 is 3.77. The summed E-state index contributed by atoms with van der Waals surface area (Å²) in [5, 5.41) is 0. The minimum atomic E-state index is 0.324. The van der Waals surface area contributed by atoms with Gasteiger partial charge in [-0.3, -0.25) is 0 Å². The highest BCUT2D eigenvalue weighted by molar-refractivity contribution is 9.10. The Morgan fingerprint density at radius 2 is 1.85 bits per heavy atom. The summed E-state index contributed by atoms with van der Waals surface area (Å²) in [6.07, 6.45) is 9.45. The van der Waals surface area contributed by atoms with Gasteiger partial charge in [-0.2, -0.15) is 0 Å². The SMILES string of the molecule is CC1(Br)CCCCC(C=O)CCC1. The zero-order valence-electron chi connectivity index (χ0n) is 8.39. The number of hydrogen-bond acceptors (Lipinski definition) is 1. The third-order valence-corrected chi connectivity index (χ3v) is 3.78. The number of hydrogen-bond donors (Lipinski definition) is 0. The lowest BCUT2D eigenvalue weighted by Gasteiger charge is -2.21. The van der Waals surface area contributed by atoms with E-state index in [-0.39, 0.29) is 0 Å². The second-order valence-electron chi connectivity index (χ2n) is 4.45. The van der Waals surface area contributed by atoms with Gasteiger partial charge in [-0.1, -0.05) is 35.2 Å². The molecule has 0 heterocycles. The van der Waals surface area contributed by atoms with Crippen LogP contribution in [0.25, 0.3) is 0 Å². The molecule has 1 nitrogen and oxygen atoms in total. The maximum atomic E-state index is 10.7. The van der Waals surface area contributed by atoms with Gasteiger partial charge in [0, 0.05) is 10.2 Å². The number of carbonyl (C=O) groups excluding carboxylic acids is 1. The maximum absolute atomic E-state index is 10.7. The molecule has 0 radical (unpaired) electrons. The van der Waals surface area contributed by atoms with Crippen molar-refractivity contribution in [2.75, 3.05) is 0 Å². The molecule has 2 atom stereocenters. The molecule has 0 saturated heterocycles. The van der Waals surface area contributed by atoms with Gasteiger partial charge in [0.2, 0.25) is 0 Å². The summed E-state index contributed by atoms with van der Waals surface area (Å²) in [5.41, 5.74) is 0. The minimum Gasteiger partial charge on any atom is -0.303 e. The van der Waals surface area contributed by atoms with E-state index in [1.54, 1.807) is 0 Å². The lowest BCUT2D eigenvalue weighted by Crippen LogP contribution is -2.14. The van der Waals surface area contributed by atoms with Gasteiger partial charge in [0.25, 0.3) is 0 Å². The molecule has 0 spiro atoms. The Balaban J connectivity index is 2.42. The molecular weight excluding hydrogens is 228 g/mol. The first kappa shape index (κ1) is 11.2. The Kier molecular flexibility index (Phi) is 4.43. The lowest BCUT2D eigenvalue weighted by molar-refractivity contribution is -0.111. The number of halogens is 1. The lowest BCUT2D eigenvalue weighted by atomic mass is 9.97. The predicted molar refractivity (Wildman–Crippen MR) is 59.2 cm³/mol. The molecule has 0 aliphatic heterocycles. The molecule has 1 aliphatic rings. The maximum Gasteiger partial charge on any atom is 0.123 e. The first-order valence-electron chi connectivity index (χ1n) is 5.28. The van der Waals surface area contributed by atoms with Crippen molar-refractivity contribution in [1.82, 2.24) is 0 Å². The molecule has 2 unspecified atom stereocenters. The smallest absolute Gasteiger partial charge is 0.123 e. The van der Waals surface area contributed by atoms with Crippen LogP contribution in [0.4, 0.5) is 0 Å². The predicted octanol–water partition coefficient (Wildman–Crippen LogP) is 3.70. The van der Waals surface area contributed by atoms with Crippen LogP contribution in [-0.2, 0) is 4.79 Å². The second kappa shape index (κ2) is 5.14. The molecule has 1 aliphatic carbocycles. The molecule has 0 amide bonds. The third-order valence-electron chi connectivity index (χ3n) is 2.99. The van der Waals surface area contributed by atoms with Crippen LogP contribution in [0.3, 0.4) is 0 Å². The molecule has 1 rings (SSSR count). The monoisotopic (exact) mass is 246 g/mol. The van der Waals surface area contributed by atoms with Crippen LogP contribution in [0, 0.1) is 5.92 Å². The van der Waals surface area contributed by atoms with Crippen LogP contribution < -0.4 is 0 Å². The van der Waals surface area contributed by atoms with Gasteiger partial charge >= 0.3 is 0 Å². The minimum absolute atomic E-state index is 0.324. The first-order chi connectivity index (χ1) is 6.14. The van der Waals surface area contributed by atoms with Crippen molar-refractivity contribution >= 4 is 22.2 Å². The first-order valence-corrected chi connectivity index (χ1v) is 6.07. The van der Waals surface area contributed by atoms with Gasteiger partial charge in [-0.25, -0.2) is 0 Å². The topological polar surface area (TPSA) is 17.1 Å². The molecular formula is C11H19BrO. The average Bonchev–Trinajstić information content (AvgIpc) is 2.15. The van der Waals surface area contributed by atoms with Crippen molar-refractivity contribution in [2.45, 2.75) is 56.2 Å². The molecule has 76 valence electrons. The number of aldehydes is 1. The summed E-state index contributed by atoms with van der Waals surface area (Å²) in [5.74, 6) is 0.335. The van der Waals surface area contributed by atoms with Gasteiger partial charge in [0.15, 0.2) is 0 Å². The molecule has 13 heavy (non-hydrogen) atoms. The molecule has 0 bridgehead atoms. The average molecular weight is 247 g/mol. The second-order valence-corrected chi connectivity index (χ2v) is 6.36. The Morgan fingerprint density at radius 3 is 2.54 bits per heavy atom. The Labute approximate surface area is 89.4 Å². The molecule has 2 heteroatoms. The fourth-order valence-corrected chi connectivity index (χ4v) is 2.60. The Morgan fingerprint density at radius 1 is 1.23 bits per heavy atom. The fourth-order valence-electron chi connectivity index (χ4n) is 2.04. The van der Waals surface area contributed by atoms with Crippen molar-refractivity contribution in [3.63, 3.8) is 0 Å². The summed E-state index contributed by atoms with van der Waals surface area (Å²) in [6, 6.07) is 0. The standard InChI is InChI=1S/C11H19BrO/c1-11(12)7-3-2-5-10(9-13)6-4-8-11/h9-10H,2-8H2,1H3. The van der Waals surface area contributed by atoms with Crippen molar-refractivity contribution in [1.29, 1.82) is 0 Å². The molecule has 0 N–H and O–H groups in total. The van der Waals surface area contributed by atoms with Crippen LogP contribution >= 0.6 is 15.9 Å². The van der Waals surface area contributed by atoms with Crippen LogP contribution in [0.15, 0.2) is 0 Å². The zero-order chi connectivity index (χ0) is 9.73. The van der Waals surface area contributed by atoms with Crippen molar-refractivity contribution in [2.24, 2.45) is 5.92 Å². The van der Waals surface area contributed by atoms with E-state index in [1.165, 1.54) is 32.1 Å². The van der Waals surface area contributed by atoms with E-state index in [9.17, 15) is 4.79 Å². The summed E-state index contributed by atoms with van der Waals surface area (Å²) in [6.45, 7) is 2.27. The van der Waals surface area contributed by atoms with Crippen molar-refractivity contribution in [3.8, 4) is 0 Å².